The number of hydrogen-bond acceptors (Lipinski definition) is 4. The van der Waals surface area contributed by atoms with Crippen LogP contribution in [0.2, 0.25) is 0 Å². The van der Waals surface area contributed by atoms with Crippen molar-refractivity contribution in [1.29, 1.82) is 0 Å². The van der Waals surface area contributed by atoms with Crippen molar-refractivity contribution in [3.05, 3.63) is 23.3 Å². The summed E-state index contributed by atoms with van der Waals surface area (Å²) in [4.78, 5) is 21.4. The van der Waals surface area contributed by atoms with Crippen molar-refractivity contribution in [2.75, 3.05) is 14.2 Å². The molecule has 92 valence electrons. The molecule has 0 aliphatic rings. The molecule has 0 fully saturated rings. The highest BCUT2D eigenvalue weighted by Gasteiger charge is 2.18. The van der Waals surface area contributed by atoms with E-state index in [4.69, 9.17) is 9.47 Å². The van der Waals surface area contributed by atoms with Crippen molar-refractivity contribution in [3.8, 4) is 11.5 Å². The first-order valence-electron chi connectivity index (χ1n) is 5.33. The number of methoxy groups -OCH3 is 2. The Morgan fingerprint density at radius 1 is 1.18 bits per heavy atom. The summed E-state index contributed by atoms with van der Waals surface area (Å²) >= 11 is 0. The highest BCUT2D eigenvalue weighted by atomic mass is 16.5. The van der Waals surface area contributed by atoms with Crippen LogP contribution in [-0.4, -0.2) is 26.8 Å². The smallest absolute Gasteiger partial charge is 0.171 e. The second kappa shape index (κ2) is 6.03. The lowest BCUT2D eigenvalue weighted by atomic mass is 9.95. The van der Waals surface area contributed by atoms with Crippen molar-refractivity contribution in [2.45, 2.75) is 19.3 Å². The molecular formula is C13H16O4. The first-order valence-corrected chi connectivity index (χ1v) is 5.33. The van der Waals surface area contributed by atoms with Crippen molar-refractivity contribution in [2.24, 2.45) is 0 Å². The second-order valence-electron chi connectivity index (χ2n) is 3.73. The Hall–Kier alpha value is -1.84. The fraction of sp³-hybridized carbons (Fsp3) is 0.385. The number of ether oxygens (including phenoxy) is 2. The van der Waals surface area contributed by atoms with Gasteiger partial charge in [-0.25, -0.2) is 0 Å². The van der Waals surface area contributed by atoms with E-state index in [1.54, 1.807) is 12.1 Å². The molecule has 4 nitrogen and oxygen atoms in total. The van der Waals surface area contributed by atoms with E-state index < -0.39 is 0 Å². The molecule has 17 heavy (non-hydrogen) atoms. The predicted octanol–water partition coefficient (Wildman–Crippen LogP) is 2.21. The van der Waals surface area contributed by atoms with Gasteiger partial charge >= 0.3 is 0 Å². The molecule has 0 spiro atoms. The zero-order valence-electron chi connectivity index (χ0n) is 10.2. The van der Waals surface area contributed by atoms with E-state index in [2.05, 4.69) is 0 Å². The van der Waals surface area contributed by atoms with Gasteiger partial charge in [0.15, 0.2) is 17.8 Å². The summed E-state index contributed by atoms with van der Waals surface area (Å²) in [6.45, 7) is 1.92. The maximum Gasteiger partial charge on any atom is 0.171 e. The number of hydrogen-bond donors (Lipinski definition) is 0. The third-order valence-corrected chi connectivity index (χ3v) is 2.69. The highest BCUT2D eigenvalue weighted by molar-refractivity contribution is 5.82. The molecule has 0 aliphatic carbocycles. The minimum absolute atomic E-state index is 0.0250. The minimum atomic E-state index is 0.0250. The number of rotatable bonds is 6. The highest BCUT2D eigenvalue weighted by Crippen LogP contribution is 2.38. The molecule has 0 radical (unpaired) electrons. The summed E-state index contributed by atoms with van der Waals surface area (Å²) in [6, 6.07) is 3.46. The Morgan fingerprint density at radius 3 is 2.29 bits per heavy atom. The Morgan fingerprint density at radius 2 is 1.82 bits per heavy atom. The van der Waals surface area contributed by atoms with Gasteiger partial charge in [0.05, 0.1) is 19.8 Å². The van der Waals surface area contributed by atoms with Gasteiger partial charge in [0, 0.05) is 12.0 Å². The van der Waals surface area contributed by atoms with Crippen LogP contribution in [0.4, 0.5) is 0 Å². The third-order valence-electron chi connectivity index (χ3n) is 2.69. The number of aldehydes is 2. The molecule has 1 atom stereocenters. The molecule has 0 N–H and O–H groups in total. The summed E-state index contributed by atoms with van der Waals surface area (Å²) in [5.41, 5.74) is 1.30. The van der Waals surface area contributed by atoms with Crippen molar-refractivity contribution < 1.29 is 19.1 Å². The second-order valence-corrected chi connectivity index (χ2v) is 3.73. The van der Waals surface area contributed by atoms with Crippen LogP contribution in [0.25, 0.3) is 0 Å². The van der Waals surface area contributed by atoms with Gasteiger partial charge in [-0.15, -0.1) is 0 Å². The van der Waals surface area contributed by atoms with Gasteiger partial charge < -0.3 is 14.3 Å². The summed E-state index contributed by atoms with van der Waals surface area (Å²) in [5, 5.41) is 0. The monoisotopic (exact) mass is 236 g/mol. The average Bonchev–Trinajstić information content (AvgIpc) is 2.36. The van der Waals surface area contributed by atoms with Crippen LogP contribution < -0.4 is 9.47 Å². The van der Waals surface area contributed by atoms with Gasteiger partial charge in [-0.2, -0.15) is 0 Å². The lowest BCUT2D eigenvalue weighted by Crippen LogP contribution is -2.03. The van der Waals surface area contributed by atoms with Gasteiger partial charge in [0.25, 0.3) is 0 Å². The topological polar surface area (TPSA) is 52.6 Å². The summed E-state index contributed by atoms with van der Waals surface area (Å²) in [6.07, 6.45) is 1.99. The van der Waals surface area contributed by atoms with E-state index in [0.717, 1.165) is 18.1 Å². The third kappa shape index (κ3) is 2.64. The molecule has 0 saturated carbocycles. The van der Waals surface area contributed by atoms with Crippen LogP contribution in [0.5, 0.6) is 11.5 Å². The molecule has 1 rings (SSSR count). The Kier molecular flexibility index (Phi) is 4.69. The molecule has 0 heterocycles. The van der Waals surface area contributed by atoms with Crippen LogP contribution in [0.3, 0.4) is 0 Å². The summed E-state index contributed by atoms with van der Waals surface area (Å²) < 4.78 is 10.5. The van der Waals surface area contributed by atoms with Crippen molar-refractivity contribution >= 4 is 12.6 Å². The van der Waals surface area contributed by atoms with E-state index in [9.17, 15) is 9.59 Å². The van der Waals surface area contributed by atoms with Gasteiger partial charge in [0.2, 0.25) is 0 Å². The molecule has 0 saturated heterocycles. The Balaban J connectivity index is 3.31. The van der Waals surface area contributed by atoms with E-state index >= 15 is 0 Å². The normalized spacial score (nSPS) is 11.7. The molecule has 1 aromatic carbocycles. The maximum absolute atomic E-state index is 10.9. The predicted molar refractivity (Wildman–Crippen MR) is 64.0 cm³/mol. The molecule has 0 bridgehead atoms. The van der Waals surface area contributed by atoms with Crippen molar-refractivity contribution in [3.63, 3.8) is 0 Å². The van der Waals surface area contributed by atoms with Gasteiger partial charge in [-0.1, -0.05) is 13.0 Å². The fourth-order valence-corrected chi connectivity index (χ4v) is 1.77. The molecule has 0 aromatic heterocycles. The molecular weight excluding hydrogens is 220 g/mol. The van der Waals surface area contributed by atoms with Crippen LogP contribution >= 0.6 is 0 Å². The van der Waals surface area contributed by atoms with Crippen molar-refractivity contribution in [1.82, 2.24) is 0 Å². The van der Waals surface area contributed by atoms with E-state index in [0.29, 0.717) is 23.5 Å². The SMILES string of the molecule is COc1c(C=O)ccc(C(C)CC=O)c1OC. The van der Waals surface area contributed by atoms with Gasteiger partial charge in [0.1, 0.15) is 6.29 Å². The van der Waals surface area contributed by atoms with Crippen LogP contribution in [0, 0.1) is 0 Å². The Bertz CT molecular complexity index is 412. The van der Waals surface area contributed by atoms with E-state index in [1.807, 2.05) is 6.92 Å². The van der Waals surface area contributed by atoms with Gasteiger partial charge in [-0.3, -0.25) is 4.79 Å². The lowest BCUT2D eigenvalue weighted by Gasteiger charge is -2.17. The maximum atomic E-state index is 10.9. The average molecular weight is 236 g/mol. The summed E-state index contributed by atoms with van der Waals surface area (Å²) in [5.74, 6) is 0.959. The Labute approximate surface area is 101 Å². The van der Waals surface area contributed by atoms with Crippen LogP contribution in [0.1, 0.15) is 35.2 Å². The minimum Gasteiger partial charge on any atom is -0.493 e. The van der Waals surface area contributed by atoms with Crippen LogP contribution in [-0.2, 0) is 4.79 Å². The first-order chi connectivity index (χ1) is 8.19. The number of carbonyl (C=O) groups is 2. The molecule has 0 aliphatic heterocycles. The van der Waals surface area contributed by atoms with Crippen LogP contribution in [0.15, 0.2) is 12.1 Å². The molecule has 4 heteroatoms. The molecule has 0 amide bonds. The van der Waals surface area contributed by atoms with E-state index in [1.165, 1.54) is 14.2 Å². The first kappa shape index (κ1) is 13.2. The van der Waals surface area contributed by atoms with E-state index in [-0.39, 0.29) is 5.92 Å². The quantitative estimate of drug-likeness (QED) is 0.710. The standard InChI is InChI=1S/C13H16O4/c1-9(6-7-14)11-5-4-10(8-15)12(16-2)13(11)17-3/h4-5,7-9H,6H2,1-3H3. The largest absolute Gasteiger partial charge is 0.493 e. The fourth-order valence-electron chi connectivity index (χ4n) is 1.77. The number of benzene rings is 1. The molecule has 1 aromatic rings. The zero-order chi connectivity index (χ0) is 12.8. The number of carbonyl (C=O) groups excluding carboxylic acids is 2. The lowest BCUT2D eigenvalue weighted by molar-refractivity contribution is -0.108. The molecule has 1 unspecified atom stereocenters. The van der Waals surface area contributed by atoms with Gasteiger partial charge in [-0.05, 0) is 12.0 Å². The summed E-state index contributed by atoms with van der Waals surface area (Å²) in [7, 11) is 3.00. The zero-order valence-corrected chi connectivity index (χ0v) is 10.2.